The highest BCUT2D eigenvalue weighted by molar-refractivity contribution is 14.1. The van der Waals surface area contributed by atoms with Crippen molar-refractivity contribution in [3.8, 4) is 11.5 Å². The Hall–Kier alpha value is -1.02. The number of hydrogen-bond acceptors (Lipinski definition) is 4. The molecule has 0 fully saturated rings. The van der Waals surface area contributed by atoms with Gasteiger partial charge in [0.1, 0.15) is 5.82 Å². The van der Waals surface area contributed by atoms with Crippen LogP contribution < -0.4 is 5.32 Å². The number of halogens is 2. The van der Waals surface area contributed by atoms with Crippen LogP contribution in [0.25, 0.3) is 11.5 Å². The highest BCUT2D eigenvalue weighted by Crippen LogP contribution is 2.24. The maximum Gasteiger partial charge on any atom is 0.248 e. The van der Waals surface area contributed by atoms with Gasteiger partial charge in [-0.05, 0) is 40.8 Å². The molecule has 1 heterocycles. The molecule has 0 amide bonds. The first-order chi connectivity index (χ1) is 9.06. The van der Waals surface area contributed by atoms with Crippen LogP contribution in [0.15, 0.2) is 22.6 Å². The number of nitrogens with one attached hydrogen (secondary N) is 1. The molecule has 0 aliphatic rings. The topological polar surface area (TPSA) is 51.0 Å². The summed E-state index contributed by atoms with van der Waals surface area (Å²) < 4.78 is 19.4. The van der Waals surface area contributed by atoms with E-state index in [2.05, 4.69) is 52.0 Å². The minimum absolute atomic E-state index is 0.269. The summed E-state index contributed by atoms with van der Waals surface area (Å²) in [5, 5.41) is 11.3. The Bertz CT molecular complexity index is 557. The standard InChI is InChI=1S/C13H15FIN3O/c1-8(2)16-6-5-12-17-18-13(19-12)10-4-3-9(14)7-11(10)15/h3-4,7-8,16H,5-6H2,1-2H3. The molecule has 0 radical (unpaired) electrons. The summed E-state index contributed by atoms with van der Waals surface area (Å²) >= 11 is 2.06. The van der Waals surface area contributed by atoms with Crippen LogP contribution >= 0.6 is 22.6 Å². The van der Waals surface area contributed by atoms with Crippen LogP contribution in [0.5, 0.6) is 0 Å². The molecule has 0 bridgehead atoms. The first-order valence-electron chi connectivity index (χ1n) is 6.07. The fraction of sp³-hybridized carbons (Fsp3) is 0.385. The zero-order valence-corrected chi connectivity index (χ0v) is 12.9. The van der Waals surface area contributed by atoms with Crippen LogP contribution in [0.3, 0.4) is 0 Å². The van der Waals surface area contributed by atoms with Crippen LogP contribution in [-0.2, 0) is 6.42 Å². The second kappa shape index (κ2) is 6.42. The molecule has 0 spiro atoms. The van der Waals surface area contributed by atoms with Crippen molar-refractivity contribution in [2.75, 3.05) is 6.54 Å². The van der Waals surface area contributed by atoms with Crippen molar-refractivity contribution in [1.29, 1.82) is 0 Å². The highest BCUT2D eigenvalue weighted by atomic mass is 127. The Morgan fingerprint density at radius 1 is 1.37 bits per heavy atom. The number of hydrogen-bond donors (Lipinski definition) is 1. The number of aromatic nitrogens is 2. The lowest BCUT2D eigenvalue weighted by Crippen LogP contribution is -2.25. The Morgan fingerprint density at radius 2 is 2.16 bits per heavy atom. The van der Waals surface area contributed by atoms with Crippen LogP contribution in [0, 0.1) is 9.39 Å². The average Bonchev–Trinajstić information content (AvgIpc) is 2.77. The number of rotatable bonds is 5. The molecular formula is C13H15FIN3O. The molecular weight excluding hydrogens is 360 g/mol. The summed E-state index contributed by atoms with van der Waals surface area (Å²) in [5.74, 6) is 0.751. The zero-order valence-electron chi connectivity index (χ0n) is 10.8. The third-order valence-corrected chi connectivity index (χ3v) is 3.41. The molecule has 1 aromatic carbocycles. The van der Waals surface area contributed by atoms with E-state index in [0.717, 1.165) is 15.7 Å². The number of nitrogens with zero attached hydrogens (tertiary/aromatic N) is 2. The van der Waals surface area contributed by atoms with E-state index in [-0.39, 0.29) is 5.82 Å². The van der Waals surface area contributed by atoms with Gasteiger partial charge < -0.3 is 9.73 Å². The molecule has 1 N–H and O–H groups in total. The average molecular weight is 375 g/mol. The molecule has 0 unspecified atom stereocenters. The van der Waals surface area contributed by atoms with Gasteiger partial charge in [-0.1, -0.05) is 13.8 Å². The molecule has 1 aromatic heterocycles. The molecule has 2 rings (SSSR count). The summed E-state index contributed by atoms with van der Waals surface area (Å²) in [4.78, 5) is 0. The Labute approximate surface area is 124 Å². The fourth-order valence-corrected chi connectivity index (χ4v) is 2.30. The Kier molecular flexibility index (Phi) is 4.87. The lowest BCUT2D eigenvalue weighted by Gasteiger charge is -2.04. The van der Waals surface area contributed by atoms with E-state index in [4.69, 9.17) is 4.42 Å². The maximum atomic E-state index is 13.0. The summed E-state index contributed by atoms with van der Waals surface area (Å²) in [6, 6.07) is 4.92. The van der Waals surface area contributed by atoms with E-state index in [9.17, 15) is 4.39 Å². The minimum Gasteiger partial charge on any atom is -0.421 e. The van der Waals surface area contributed by atoms with Gasteiger partial charge in [0.15, 0.2) is 0 Å². The van der Waals surface area contributed by atoms with Crippen LogP contribution in [0.2, 0.25) is 0 Å². The smallest absolute Gasteiger partial charge is 0.248 e. The molecule has 6 heteroatoms. The van der Waals surface area contributed by atoms with Gasteiger partial charge in [0.2, 0.25) is 11.8 Å². The number of benzene rings is 1. The van der Waals surface area contributed by atoms with E-state index in [1.54, 1.807) is 6.07 Å². The molecule has 0 aliphatic heterocycles. The van der Waals surface area contributed by atoms with E-state index < -0.39 is 0 Å². The molecule has 0 saturated heterocycles. The summed E-state index contributed by atoms with van der Waals surface area (Å²) in [5.41, 5.74) is 0.762. The van der Waals surface area contributed by atoms with Crippen molar-refractivity contribution < 1.29 is 8.81 Å². The summed E-state index contributed by atoms with van der Waals surface area (Å²) in [6.07, 6.45) is 0.683. The molecule has 102 valence electrons. The molecule has 0 atom stereocenters. The van der Waals surface area contributed by atoms with Gasteiger partial charge in [-0.25, -0.2) is 4.39 Å². The van der Waals surface area contributed by atoms with Gasteiger partial charge in [-0.15, -0.1) is 10.2 Å². The monoisotopic (exact) mass is 375 g/mol. The SMILES string of the molecule is CC(C)NCCc1nnc(-c2ccc(F)cc2I)o1. The van der Waals surface area contributed by atoms with Gasteiger partial charge in [-0.3, -0.25) is 0 Å². The van der Waals surface area contributed by atoms with E-state index in [1.165, 1.54) is 12.1 Å². The van der Waals surface area contributed by atoms with Crippen molar-refractivity contribution in [3.05, 3.63) is 33.5 Å². The quantitative estimate of drug-likeness (QED) is 0.817. The van der Waals surface area contributed by atoms with Gasteiger partial charge in [0.05, 0.1) is 5.56 Å². The first kappa shape index (κ1) is 14.4. The van der Waals surface area contributed by atoms with E-state index in [0.29, 0.717) is 24.2 Å². The molecule has 2 aromatic rings. The van der Waals surface area contributed by atoms with Crippen molar-refractivity contribution in [2.45, 2.75) is 26.3 Å². The third kappa shape index (κ3) is 3.97. The van der Waals surface area contributed by atoms with Crippen LogP contribution in [0.4, 0.5) is 4.39 Å². The second-order valence-corrected chi connectivity index (χ2v) is 5.65. The lowest BCUT2D eigenvalue weighted by atomic mass is 10.2. The lowest BCUT2D eigenvalue weighted by molar-refractivity contribution is 0.484. The minimum atomic E-state index is -0.269. The Morgan fingerprint density at radius 3 is 2.84 bits per heavy atom. The summed E-state index contributed by atoms with van der Waals surface area (Å²) in [6.45, 7) is 4.96. The van der Waals surface area contributed by atoms with E-state index >= 15 is 0 Å². The van der Waals surface area contributed by atoms with E-state index in [1.807, 2.05) is 0 Å². The predicted octanol–water partition coefficient (Wildman–Crippen LogP) is 3.02. The molecule has 19 heavy (non-hydrogen) atoms. The molecule has 0 saturated carbocycles. The van der Waals surface area contributed by atoms with Crippen LogP contribution in [0.1, 0.15) is 19.7 Å². The predicted molar refractivity (Wildman–Crippen MR) is 79.3 cm³/mol. The van der Waals surface area contributed by atoms with Gasteiger partial charge in [-0.2, -0.15) is 0 Å². The van der Waals surface area contributed by atoms with Crippen molar-refractivity contribution >= 4 is 22.6 Å². The van der Waals surface area contributed by atoms with Crippen molar-refractivity contribution in [1.82, 2.24) is 15.5 Å². The van der Waals surface area contributed by atoms with Gasteiger partial charge in [0, 0.05) is 22.6 Å². The Balaban J connectivity index is 2.08. The van der Waals surface area contributed by atoms with Gasteiger partial charge in [0.25, 0.3) is 0 Å². The fourth-order valence-electron chi connectivity index (χ4n) is 1.59. The van der Waals surface area contributed by atoms with Gasteiger partial charge >= 0.3 is 0 Å². The largest absolute Gasteiger partial charge is 0.421 e. The highest BCUT2D eigenvalue weighted by Gasteiger charge is 2.12. The maximum absolute atomic E-state index is 13.0. The normalized spacial score (nSPS) is 11.2. The molecule has 0 aliphatic carbocycles. The van der Waals surface area contributed by atoms with Crippen LogP contribution in [-0.4, -0.2) is 22.8 Å². The van der Waals surface area contributed by atoms with Crippen molar-refractivity contribution in [3.63, 3.8) is 0 Å². The third-order valence-electron chi connectivity index (χ3n) is 2.52. The van der Waals surface area contributed by atoms with Crippen molar-refractivity contribution in [2.24, 2.45) is 0 Å². The second-order valence-electron chi connectivity index (χ2n) is 4.48. The zero-order chi connectivity index (χ0) is 13.8. The first-order valence-corrected chi connectivity index (χ1v) is 7.15. The molecule has 4 nitrogen and oxygen atoms in total. The summed E-state index contributed by atoms with van der Waals surface area (Å²) in [7, 11) is 0.